The Balaban J connectivity index is 1.79. The van der Waals surface area contributed by atoms with Gasteiger partial charge in [-0.15, -0.1) is 0 Å². The molecule has 1 aromatic carbocycles. The minimum absolute atomic E-state index is 0.0349. The lowest BCUT2D eigenvalue weighted by molar-refractivity contribution is -0.158. The molecule has 0 N–H and O–H groups in total. The van der Waals surface area contributed by atoms with Crippen LogP contribution < -0.4 is 0 Å². The van der Waals surface area contributed by atoms with E-state index >= 15 is 0 Å². The molecular formula is C17H21NO3. The number of benzene rings is 1. The highest BCUT2D eigenvalue weighted by Gasteiger charge is 2.68. The Morgan fingerprint density at radius 3 is 2.86 bits per heavy atom. The maximum absolute atomic E-state index is 12.9. The molecule has 21 heavy (non-hydrogen) atoms. The predicted molar refractivity (Wildman–Crippen MR) is 78.3 cm³/mol. The Hall–Kier alpha value is -1.84. The minimum Gasteiger partial charge on any atom is -0.465 e. The summed E-state index contributed by atoms with van der Waals surface area (Å²) in [5.41, 5.74) is 0.227. The Kier molecular flexibility index (Phi) is 3.70. The second-order valence-electron chi connectivity index (χ2n) is 5.95. The van der Waals surface area contributed by atoms with Crippen molar-refractivity contribution in [3.05, 3.63) is 35.9 Å². The number of fused-ring (bicyclic) bond motifs is 1. The van der Waals surface area contributed by atoms with Crippen LogP contribution in [0, 0.1) is 11.3 Å². The number of ether oxygens (including phenoxy) is 1. The van der Waals surface area contributed by atoms with E-state index in [1.54, 1.807) is 6.92 Å². The van der Waals surface area contributed by atoms with E-state index in [1.165, 1.54) is 0 Å². The first-order valence-electron chi connectivity index (χ1n) is 7.69. The van der Waals surface area contributed by atoms with Crippen LogP contribution in [0.25, 0.3) is 0 Å². The summed E-state index contributed by atoms with van der Waals surface area (Å²) < 4.78 is 5.16. The van der Waals surface area contributed by atoms with Gasteiger partial charge in [-0.25, -0.2) is 0 Å². The summed E-state index contributed by atoms with van der Waals surface area (Å²) in [6, 6.07) is 9.93. The van der Waals surface area contributed by atoms with Crippen molar-refractivity contribution in [2.75, 3.05) is 13.2 Å². The Bertz CT molecular complexity index is 542. The second-order valence-corrected chi connectivity index (χ2v) is 5.95. The van der Waals surface area contributed by atoms with Crippen molar-refractivity contribution in [2.45, 2.75) is 32.7 Å². The third kappa shape index (κ3) is 2.43. The molecule has 2 aliphatic rings. The van der Waals surface area contributed by atoms with E-state index in [0.717, 1.165) is 24.9 Å². The average Bonchev–Trinajstić information content (AvgIpc) is 3.23. The molecule has 4 heteroatoms. The van der Waals surface area contributed by atoms with Crippen LogP contribution in [0.4, 0.5) is 0 Å². The molecule has 2 fully saturated rings. The van der Waals surface area contributed by atoms with Crippen LogP contribution in [0.1, 0.15) is 31.7 Å². The number of likely N-dealkylation sites (tertiary alicyclic amines) is 1. The number of amides is 1. The number of hydrogen-bond acceptors (Lipinski definition) is 3. The van der Waals surface area contributed by atoms with Crippen molar-refractivity contribution in [1.29, 1.82) is 0 Å². The molecule has 1 saturated carbocycles. The summed E-state index contributed by atoms with van der Waals surface area (Å²) >= 11 is 0. The fraction of sp³-hybridized carbons (Fsp3) is 0.529. The molecule has 4 nitrogen and oxygen atoms in total. The third-order valence-electron chi connectivity index (χ3n) is 4.61. The summed E-state index contributed by atoms with van der Waals surface area (Å²) in [7, 11) is 0. The van der Waals surface area contributed by atoms with Gasteiger partial charge < -0.3 is 9.64 Å². The van der Waals surface area contributed by atoms with E-state index in [9.17, 15) is 9.59 Å². The maximum Gasteiger partial charge on any atom is 0.321 e. The van der Waals surface area contributed by atoms with E-state index in [1.807, 2.05) is 35.2 Å². The number of rotatable bonds is 4. The quantitative estimate of drug-likeness (QED) is 0.631. The average molecular weight is 287 g/mol. The van der Waals surface area contributed by atoms with E-state index in [0.29, 0.717) is 19.6 Å². The van der Waals surface area contributed by atoms with E-state index in [-0.39, 0.29) is 17.8 Å². The van der Waals surface area contributed by atoms with Crippen LogP contribution >= 0.6 is 0 Å². The van der Waals surface area contributed by atoms with Crippen molar-refractivity contribution in [1.82, 2.24) is 4.90 Å². The first-order chi connectivity index (χ1) is 10.2. The summed E-state index contributed by atoms with van der Waals surface area (Å²) in [5, 5.41) is 0. The molecule has 1 aromatic rings. The predicted octanol–water partition coefficient (Wildman–Crippen LogP) is 2.38. The monoisotopic (exact) mass is 287 g/mol. The fourth-order valence-electron chi connectivity index (χ4n) is 3.40. The van der Waals surface area contributed by atoms with Crippen LogP contribution in [-0.2, 0) is 20.9 Å². The smallest absolute Gasteiger partial charge is 0.321 e. The molecule has 1 aliphatic heterocycles. The number of nitrogens with zero attached hydrogens (tertiary/aromatic N) is 1. The summed E-state index contributed by atoms with van der Waals surface area (Å²) in [4.78, 5) is 26.9. The topological polar surface area (TPSA) is 46.6 Å². The van der Waals surface area contributed by atoms with Gasteiger partial charge in [0.2, 0.25) is 5.91 Å². The van der Waals surface area contributed by atoms with E-state index in [2.05, 4.69) is 0 Å². The van der Waals surface area contributed by atoms with Crippen LogP contribution in [-0.4, -0.2) is 29.9 Å². The molecule has 1 amide bonds. The molecule has 0 radical (unpaired) electrons. The molecule has 3 rings (SSSR count). The fourth-order valence-corrected chi connectivity index (χ4v) is 3.40. The van der Waals surface area contributed by atoms with Crippen LogP contribution in [0.3, 0.4) is 0 Å². The lowest BCUT2D eigenvalue weighted by Gasteiger charge is -2.25. The Morgan fingerprint density at radius 2 is 2.14 bits per heavy atom. The number of carbonyl (C=O) groups is 2. The van der Waals surface area contributed by atoms with Gasteiger partial charge in [-0.2, -0.15) is 0 Å². The van der Waals surface area contributed by atoms with Crippen molar-refractivity contribution in [3.63, 3.8) is 0 Å². The van der Waals surface area contributed by atoms with Gasteiger partial charge in [0.15, 0.2) is 0 Å². The standard InChI is InChI=1S/C17H21NO3/c1-2-21-16(20)17-11-14(17)9-6-10-18(15(17)19)12-13-7-4-3-5-8-13/h3-5,7-8,14H,2,6,9-12H2,1H3/t14-,17-/m1/s1. The first kappa shape index (κ1) is 14.1. The van der Waals surface area contributed by atoms with Gasteiger partial charge in [-0.1, -0.05) is 30.3 Å². The van der Waals surface area contributed by atoms with Crippen molar-refractivity contribution in [3.8, 4) is 0 Å². The molecule has 2 atom stereocenters. The summed E-state index contributed by atoms with van der Waals surface area (Å²) in [5.74, 6) is -0.169. The Labute approximate surface area is 125 Å². The third-order valence-corrected chi connectivity index (χ3v) is 4.61. The zero-order chi connectivity index (χ0) is 14.9. The van der Waals surface area contributed by atoms with Crippen LogP contribution in [0.5, 0.6) is 0 Å². The lowest BCUT2D eigenvalue weighted by atomic mass is 10.0. The van der Waals surface area contributed by atoms with Crippen molar-refractivity contribution < 1.29 is 14.3 Å². The highest BCUT2D eigenvalue weighted by atomic mass is 16.5. The van der Waals surface area contributed by atoms with Crippen molar-refractivity contribution in [2.24, 2.45) is 11.3 Å². The Morgan fingerprint density at radius 1 is 1.38 bits per heavy atom. The number of hydrogen-bond donors (Lipinski definition) is 0. The van der Waals surface area contributed by atoms with Crippen LogP contribution in [0.2, 0.25) is 0 Å². The molecule has 0 bridgehead atoms. The van der Waals surface area contributed by atoms with Gasteiger partial charge in [0.1, 0.15) is 5.41 Å². The molecular weight excluding hydrogens is 266 g/mol. The van der Waals surface area contributed by atoms with E-state index < -0.39 is 5.41 Å². The minimum atomic E-state index is -0.874. The van der Waals surface area contributed by atoms with Gasteiger partial charge >= 0.3 is 5.97 Å². The first-order valence-corrected chi connectivity index (χ1v) is 7.69. The molecule has 1 saturated heterocycles. The summed E-state index contributed by atoms with van der Waals surface area (Å²) in [6.07, 6.45) is 2.57. The SMILES string of the molecule is CCOC(=O)[C@]12C[C@H]1CCCN(Cc1ccccc1)C2=O. The molecule has 0 unspecified atom stereocenters. The zero-order valence-electron chi connectivity index (χ0n) is 12.4. The normalized spacial score (nSPS) is 27.8. The molecule has 0 spiro atoms. The number of esters is 1. The van der Waals surface area contributed by atoms with Gasteiger partial charge in [0.05, 0.1) is 6.61 Å². The molecule has 112 valence electrons. The van der Waals surface area contributed by atoms with Gasteiger partial charge in [0.25, 0.3) is 0 Å². The summed E-state index contributed by atoms with van der Waals surface area (Å²) in [6.45, 7) is 3.42. The highest BCUT2D eigenvalue weighted by Crippen LogP contribution is 2.58. The highest BCUT2D eigenvalue weighted by molar-refractivity contribution is 6.06. The maximum atomic E-state index is 12.9. The molecule has 0 aromatic heterocycles. The van der Waals surface area contributed by atoms with Gasteiger partial charge in [-0.05, 0) is 37.7 Å². The zero-order valence-corrected chi connectivity index (χ0v) is 12.4. The number of carbonyl (C=O) groups excluding carboxylic acids is 2. The largest absolute Gasteiger partial charge is 0.465 e. The second kappa shape index (κ2) is 5.51. The molecule has 1 aliphatic carbocycles. The van der Waals surface area contributed by atoms with Crippen LogP contribution in [0.15, 0.2) is 30.3 Å². The van der Waals surface area contributed by atoms with Gasteiger partial charge in [-0.3, -0.25) is 9.59 Å². The lowest BCUT2D eigenvalue weighted by Crippen LogP contribution is -2.41. The van der Waals surface area contributed by atoms with Gasteiger partial charge in [0, 0.05) is 13.1 Å². The molecule has 1 heterocycles. The van der Waals surface area contributed by atoms with E-state index in [4.69, 9.17) is 4.74 Å². The van der Waals surface area contributed by atoms with Crippen molar-refractivity contribution >= 4 is 11.9 Å².